The molecule has 1 amide bonds. The SMILES string of the molecule is C[C@H]1Nc2ccccc2C1=CN=NC(=O)c1n[nH]c2c1CCCC2. The van der Waals surface area contributed by atoms with E-state index < -0.39 is 0 Å². The first-order valence-corrected chi connectivity index (χ1v) is 8.31. The standard InChI is InChI=1S/C18H19N5O/c1-11-14(12-6-2-4-8-15(12)20-11)10-19-23-18(24)17-13-7-3-5-9-16(13)21-22-17/h2,4,6,8,10-11,20H,3,5,7,9H2,1H3,(H,21,22)/t11-/m1/s1. The van der Waals surface area contributed by atoms with E-state index in [9.17, 15) is 4.79 Å². The van der Waals surface area contributed by atoms with Crippen molar-refractivity contribution in [2.45, 2.75) is 38.6 Å². The number of nitrogens with zero attached hydrogens (tertiary/aromatic N) is 3. The van der Waals surface area contributed by atoms with Crippen LogP contribution in [0.3, 0.4) is 0 Å². The summed E-state index contributed by atoms with van der Waals surface area (Å²) < 4.78 is 0. The molecule has 2 heterocycles. The molecule has 2 aromatic rings. The topological polar surface area (TPSA) is 82.5 Å². The van der Waals surface area contributed by atoms with Gasteiger partial charge < -0.3 is 5.32 Å². The smallest absolute Gasteiger partial charge is 0.316 e. The predicted molar refractivity (Wildman–Crippen MR) is 91.9 cm³/mol. The molecule has 1 aliphatic heterocycles. The molecule has 0 saturated heterocycles. The molecule has 24 heavy (non-hydrogen) atoms. The maximum atomic E-state index is 12.3. The summed E-state index contributed by atoms with van der Waals surface area (Å²) in [6, 6.07) is 8.21. The maximum Gasteiger partial charge on any atom is 0.316 e. The van der Waals surface area contributed by atoms with E-state index in [0.717, 1.165) is 53.8 Å². The maximum absolute atomic E-state index is 12.3. The number of benzene rings is 1. The zero-order valence-electron chi connectivity index (χ0n) is 13.5. The van der Waals surface area contributed by atoms with Crippen molar-refractivity contribution in [2.24, 2.45) is 10.2 Å². The van der Waals surface area contributed by atoms with Crippen LogP contribution in [-0.2, 0) is 12.8 Å². The summed E-state index contributed by atoms with van der Waals surface area (Å²) >= 11 is 0. The zero-order chi connectivity index (χ0) is 16.5. The second-order valence-electron chi connectivity index (χ2n) is 6.25. The van der Waals surface area contributed by atoms with Crippen LogP contribution in [0.25, 0.3) is 5.57 Å². The highest BCUT2D eigenvalue weighted by Crippen LogP contribution is 2.34. The first-order chi connectivity index (χ1) is 11.7. The molecule has 2 N–H and O–H groups in total. The number of hydrogen-bond donors (Lipinski definition) is 2. The third kappa shape index (κ3) is 2.54. The number of nitrogens with one attached hydrogen (secondary N) is 2. The number of anilines is 1. The minimum Gasteiger partial charge on any atom is -0.378 e. The van der Waals surface area contributed by atoms with Crippen LogP contribution >= 0.6 is 0 Å². The summed E-state index contributed by atoms with van der Waals surface area (Å²) in [6.45, 7) is 2.06. The number of amides is 1. The van der Waals surface area contributed by atoms with Crippen LogP contribution in [0.2, 0.25) is 0 Å². The quantitative estimate of drug-likeness (QED) is 0.827. The minimum atomic E-state index is -0.377. The van der Waals surface area contributed by atoms with Crippen LogP contribution in [-0.4, -0.2) is 22.1 Å². The second-order valence-corrected chi connectivity index (χ2v) is 6.25. The van der Waals surface area contributed by atoms with Gasteiger partial charge >= 0.3 is 5.91 Å². The molecular weight excluding hydrogens is 302 g/mol. The molecule has 1 aromatic heterocycles. The van der Waals surface area contributed by atoms with E-state index >= 15 is 0 Å². The van der Waals surface area contributed by atoms with Gasteiger partial charge in [-0.3, -0.25) is 9.89 Å². The van der Waals surface area contributed by atoms with Crippen molar-refractivity contribution in [2.75, 3.05) is 5.32 Å². The Bertz CT molecular complexity index is 849. The Balaban J connectivity index is 1.55. The average molecular weight is 321 g/mol. The highest BCUT2D eigenvalue weighted by Gasteiger charge is 2.23. The van der Waals surface area contributed by atoms with Gasteiger partial charge in [0, 0.05) is 28.1 Å². The lowest BCUT2D eigenvalue weighted by Crippen LogP contribution is -2.08. The van der Waals surface area contributed by atoms with E-state index in [2.05, 4.69) is 32.7 Å². The van der Waals surface area contributed by atoms with E-state index in [1.807, 2.05) is 24.3 Å². The number of carbonyl (C=O) groups excluding carboxylic acids is 1. The number of aromatic nitrogens is 2. The molecule has 6 heteroatoms. The van der Waals surface area contributed by atoms with E-state index in [4.69, 9.17) is 0 Å². The lowest BCUT2D eigenvalue weighted by atomic mass is 9.96. The van der Waals surface area contributed by atoms with Crippen LogP contribution in [0.15, 0.2) is 40.7 Å². The molecule has 0 fully saturated rings. The van der Waals surface area contributed by atoms with E-state index in [1.54, 1.807) is 6.20 Å². The summed E-state index contributed by atoms with van der Waals surface area (Å²) in [7, 11) is 0. The number of aryl methyl sites for hydroxylation is 1. The number of rotatable bonds is 2. The molecule has 4 rings (SSSR count). The van der Waals surface area contributed by atoms with E-state index in [1.165, 1.54) is 0 Å². The van der Waals surface area contributed by atoms with Crippen LogP contribution in [0.5, 0.6) is 0 Å². The van der Waals surface area contributed by atoms with Gasteiger partial charge in [-0.1, -0.05) is 18.2 Å². The second kappa shape index (κ2) is 6.03. The summed E-state index contributed by atoms with van der Waals surface area (Å²) in [4.78, 5) is 12.3. The van der Waals surface area contributed by atoms with Gasteiger partial charge in [-0.2, -0.15) is 10.2 Å². The Morgan fingerprint density at radius 3 is 3.04 bits per heavy atom. The highest BCUT2D eigenvalue weighted by atomic mass is 16.2. The monoisotopic (exact) mass is 321 g/mol. The Hall–Kier alpha value is -2.76. The van der Waals surface area contributed by atoms with Crippen LogP contribution in [0.1, 0.15) is 47.1 Å². The molecule has 122 valence electrons. The number of aromatic amines is 1. The number of H-pyrrole nitrogens is 1. The van der Waals surface area contributed by atoms with Crippen LogP contribution in [0.4, 0.5) is 5.69 Å². The largest absolute Gasteiger partial charge is 0.378 e. The van der Waals surface area contributed by atoms with Crippen LogP contribution < -0.4 is 5.32 Å². The first kappa shape index (κ1) is 14.8. The molecule has 6 nitrogen and oxygen atoms in total. The van der Waals surface area contributed by atoms with E-state index in [-0.39, 0.29) is 11.9 Å². The number of para-hydroxylation sites is 1. The molecule has 1 aromatic carbocycles. The lowest BCUT2D eigenvalue weighted by molar-refractivity contribution is 0.0989. The van der Waals surface area contributed by atoms with Crippen molar-refractivity contribution >= 4 is 17.2 Å². The Morgan fingerprint density at radius 1 is 1.29 bits per heavy atom. The Morgan fingerprint density at radius 2 is 2.12 bits per heavy atom. The Kier molecular flexibility index (Phi) is 3.72. The highest BCUT2D eigenvalue weighted by molar-refractivity contribution is 5.94. The lowest BCUT2D eigenvalue weighted by Gasteiger charge is -2.09. The summed E-state index contributed by atoms with van der Waals surface area (Å²) in [5.74, 6) is -0.377. The van der Waals surface area contributed by atoms with Crippen LogP contribution in [0, 0.1) is 0 Å². The fourth-order valence-corrected chi connectivity index (χ4v) is 3.43. The number of hydrogen-bond acceptors (Lipinski definition) is 4. The summed E-state index contributed by atoms with van der Waals surface area (Å²) in [5.41, 5.74) is 5.73. The number of azo groups is 1. The van der Waals surface area contributed by atoms with Gasteiger partial charge in [0.15, 0.2) is 5.69 Å². The average Bonchev–Trinajstić information content (AvgIpc) is 3.16. The van der Waals surface area contributed by atoms with Crippen molar-refractivity contribution < 1.29 is 4.79 Å². The van der Waals surface area contributed by atoms with Crippen molar-refractivity contribution in [1.29, 1.82) is 0 Å². The number of carbonyl (C=O) groups is 1. The van der Waals surface area contributed by atoms with Crippen molar-refractivity contribution in [3.05, 3.63) is 53.0 Å². The van der Waals surface area contributed by atoms with Gasteiger partial charge in [0.05, 0.1) is 12.2 Å². The third-order valence-corrected chi connectivity index (χ3v) is 4.68. The molecule has 1 atom stereocenters. The zero-order valence-corrected chi connectivity index (χ0v) is 13.5. The van der Waals surface area contributed by atoms with E-state index in [0.29, 0.717) is 5.69 Å². The normalized spacial score (nSPS) is 20.9. The third-order valence-electron chi connectivity index (χ3n) is 4.68. The number of fused-ring (bicyclic) bond motifs is 2. The molecular formula is C18H19N5O. The van der Waals surface area contributed by atoms with Crippen molar-refractivity contribution in [1.82, 2.24) is 10.2 Å². The molecule has 0 unspecified atom stereocenters. The van der Waals surface area contributed by atoms with Gasteiger partial charge in [-0.05, 0) is 38.7 Å². The molecule has 2 aliphatic rings. The van der Waals surface area contributed by atoms with Gasteiger partial charge in [-0.25, -0.2) is 0 Å². The van der Waals surface area contributed by atoms with Gasteiger partial charge in [0.25, 0.3) is 0 Å². The summed E-state index contributed by atoms with van der Waals surface area (Å²) in [6.07, 6.45) is 5.74. The summed E-state index contributed by atoms with van der Waals surface area (Å²) in [5, 5.41) is 18.4. The Labute approximate surface area is 140 Å². The fraction of sp³-hybridized carbons (Fsp3) is 0.333. The van der Waals surface area contributed by atoms with Crippen molar-refractivity contribution in [3.8, 4) is 0 Å². The van der Waals surface area contributed by atoms with Gasteiger partial charge in [0.2, 0.25) is 0 Å². The van der Waals surface area contributed by atoms with Gasteiger partial charge in [-0.15, -0.1) is 5.11 Å². The molecule has 0 radical (unpaired) electrons. The first-order valence-electron chi connectivity index (χ1n) is 8.31. The molecule has 0 bridgehead atoms. The fourth-order valence-electron chi connectivity index (χ4n) is 3.43. The molecule has 0 saturated carbocycles. The molecule has 0 spiro atoms. The molecule has 1 aliphatic carbocycles. The van der Waals surface area contributed by atoms with Crippen molar-refractivity contribution in [3.63, 3.8) is 0 Å². The van der Waals surface area contributed by atoms with Gasteiger partial charge in [0.1, 0.15) is 0 Å². The minimum absolute atomic E-state index is 0.148. The predicted octanol–water partition coefficient (Wildman–Crippen LogP) is 3.74.